The van der Waals surface area contributed by atoms with Crippen LogP contribution in [0.5, 0.6) is 0 Å². The predicted molar refractivity (Wildman–Crippen MR) is 122 cm³/mol. The number of hydrogen-bond donors (Lipinski definition) is 1. The quantitative estimate of drug-likeness (QED) is 0.338. The van der Waals surface area contributed by atoms with E-state index in [1.165, 1.54) is 10.6 Å². The number of carbonyl (C=O) groups excluding carboxylic acids is 1. The van der Waals surface area contributed by atoms with Crippen molar-refractivity contribution in [1.29, 1.82) is 0 Å². The van der Waals surface area contributed by atoms with Crippen LogP contribution in [0.15, 0.2) is 63.0 Å². The zero-order valence-electron chi connectivity index (χ0n) is 17.8. The third kappa shape index (κ3) is 4.43. The van der Waals surface area contributed by atoms with Gasteiger partial charge in [-0.1, -0.05) is 49.0 Å². The molecule has 2 aromatic carbocycles. The van der Waals surface area contributed by atoms with Crippen molar-refractivity contribution in [2.75, 3.05) is 11.1 Å². The number of hydrogen-bond acceptors (Lipinski definition) is 6. The summed E-state index contributed by atoms with van der Waals surface area (Å²) in [4.78, 5) is 30.2. The van der Waals surface area contributed by atoms with Crippen LogP contribution in [-0.4, -0.2) is 26.4 Å². The number of carbonyl (C=O) groups is 1. The molecule has 0 unspecified atom stereocenters. The van der Waals surface area contributed by atoms with Crippen LogP contribution in [0.25, 0.3) is 16.6 Å². The smallest absolute Gasteiger partial charge is 0.266 e. The van der Waals surface area contributed by atoms with Gasteiger partial charge in [0.1, 0.15) is 5.82 Å². The summed E-state index contributed by atoms with van der Waals surface area (Å²) in [6, 6.07) is 13.1. The van der Waals surface area contributed by atoms with Crippen LogP contribution in [0.4, 0.5) is 10.3 Å². The maximum absolute atomic E-state index is 14.2. The van der Waals surface area contributed by atoms with E-state index >= 15 is 0 Å². The molecule has 9 heteroatoms. The van der Waals surface area contributed by atoms with E-state index in [9.17, 15) is 14.0 Å². The van der Waals surface area contributed by atoms with Crippen molar-refractivity contribution in [3.8, 4) is 5.69 Å². The lowest BCUT2D eigenvalue weighted by molar-refractivity contribution is -0.113. The van der Waals surface area contributed by atoms with Gasteiger partial charge in [0.25, 0.3) is 5.56 Å². The van der Waals surface area contributed by atoms with Crippen molar-refractivity contribution in [2.45, 2.75) is 31.8 Å². The molecule has 1 N–H and O–H groups in total. The molecule has 2 aromatic heterocycles. The molecule has 0 bridgehead atoms. The first-order valence-electron chi connectivity index (χ1n) is 10.0. The second kappa shape index (κ2) is 8.96. The molecule has 4 rings (SSSR count). The standard InChI is InChI=1S/C23H21FN4O3S/c1-13(2)19-11-21(31-27-19)26-20(29)12-32-23-25-18-7-5-4-6-16(18)22(30)28(23)15-9-8-14(3)17(24)10-15/h4-11,13H,12H2,1-3H3,(H,26,29). The molecule has 0 atom stereocenters. The summed E-state index contributed by atoms with van der Waals surface area (Å²) in [6.45, 7) is 5.59. The fraction of sp³-hybridized carbons (Fsp3) is 0.217. The average Bonchev–Trinajstić information content (AvgIpc) is 3.23. The topological polar surface area (TPSA) is 90.0 Å². The van der Waals surface area contributed by atoms with Crippen LogP contribution < -0.4 is 10.9 Å². The van der Waals surface area contributed by atoms with Crippen molar-refractivity contribution in [2.24, 2.45) is 0 Å². The average molecular weight is 453 g/mol. The Morgan fingerprint density at radius 2 is 2.00 bits per heavy atom. The number of halogens is 1. The highest BCUT2D eigenvalue weighted by atomic mass is 32.2. The number of nitrogens with one attached hydrogen (secondary N) is 1. The van der Waals surface area contributed by atoms with Gasteiger partial charge in [-0.05, 0) is 42.7 Å². The minimum Gasteiger partial charge on any atom is -0.338 e. The Hall–Kier alpha value is -3.46. The molecule has 164 valence electrons. The summed E-state index contributed by atoms with van der Waals surface area (Å²) in [6.07, 6.45) is 0. The lowest BCUT2D eigenvalue weighted by atomic mass is 10.1. The Kier molecular flexibility index (Phi) is 6.09. The number of aryl methyl sites for hydroxylation is 1. The number of thioether (sulfide) groups is 1. The van der Waals surface area contributed by atoms with E-state index in [2.05, 4.69) is 15.5 Å². The Bertz CT molecular complexity index is 1360. The minimum atomic E-state index is -0.428. The molecule has 0 saturated carbocycles. The van der Waals surface area contributed by atoms with Gasteiger partial charge < -0.3 is 4.52 Å². The first-order valence-corrected chi connectivity index (χ1v) is 11.0. The summed E-state index contributed by atoms with van der Waals surface area (Å²) in [5, 5.41) is 7.26. The molecule has 1 amide bonds. The number of amides is 1. The van der Waals surface area contributed by atoms with Gasteiger partial charge in [-0.15, -0.1) is 0 Å². The zero-order chi connectivity index (χ0) is 22.8. The summed E-state index contributed by atoms with van der Waals surface area (Å²) in [5.74, 6) is -0.377. The van der Waals surface area contributed by atoms with Crippen molar-refractivity contribution in [3.05, 3.63) is 76.0 Å². The number of benzene rings is 2. The van der Waals surface area contributed by atoms with E-state index < -0.39 is 5.82 Å². The Morgan fingerprint density at radius 1 is 1.22 bits per heavy atom. The molecule has 7 nitrogen and oxygen atoms in total. The maximum atomic E-state index is 14.2. The third-order valence-corrected chi connectivity index (χ3v) is 5.81. The highest BCUT2D eigenvalue weighted by molar-refractivity contribution is 7.99. The fourth-order valence-electron chi connectivity index (χ4n) is 3.08. The molecular weight excluding hydrogens is 431 g/mol. The number of anilines is 1. The van der Waals surface area contributed by atoms with Gasteiger partial charge in [-0.3, -0.25) is 19.5 Å². The number of rotatable bonds is 6. The van der Waals surface area contributed by atoms with Gasteiger partial charge in [-0.25, -0.2) is 9.37 Å². The molecule has 2 heterocycles. The van der Waals surface area contributed by atoms with Gasteiger partial charge >= 0.3 is 0 Å². The second-order valence-electron chi connectivity index (χ2n) is 7.59. The maximum Gasteiger partial charge on any atom is 0.266 e. The van der Waals surface area contributed by atoms with Crippen LogP contribution in [0, 0.1) is 12.7 Å². The van der Waals surface area contributed by atoms with E-state index in [4.69, 9.17) is 4.52 Å². The molecule has 4 aromatic rings. The van der Waals surface area contributed by atoms with Crippen LogP contribution >= 0.6 is 11.8 Å². The number of para-hydroxylation sites is 1. The first-order chi connectivity index (χ1) is 15.3. The van der Waals surface area contributed by atoms with E-state index in [0.29, 0.717) is 22.2 Å². The summed E-state index contributed by atoms with van der Waals surface area (Å²) >= 11 is 1.08. The molecule has 32 heavy (non-hydrogen) atoms. The van der Waals surface area contributed by atoms with E-state index in [-0.39, 0.29) is 34.2 Å². The largest absolute Gasteiger partial charge is 0.338 e. The molecular formula is C23H21FN4O3S. The van der Waals surface area contributed by atoms with Gasteiger partial charge in [0.2, 0.25) is 11.8 Å². The van der Waals surface area contributed by atoms with Gasteiger partial charge in [0.15, 0.2) is 5.16 Å². The van der Waals surface area contributed by atoms with Crippen LogP contribution in [0.1, 0.15) is 31.0 Å². The summed E-state index contributed by atoms with van der Waals surface area (Å²) < 4.78 is 20.7. The Balaban J connectivity index is 1.65. The number of nitrogens with zero attached hydrogens (tertiary/aromatic N) is 3. The number of aromatic nitrogens is 3. The molecule has 0 spiro atoms. The van der Waals surface area contributed by atoms with Crippen molar-refractivity contribution in [3.63, 3.8) is 0 Å². The van der Waals surface area contributed by atoms with Gasteiger partial charge in [-0.2, -0.15) is 0 Å². The second-order valence-corrected chi connectivity index (χ2v) is 8.54. The monoisotopic (exact) mass is 452 g/mol. The molecule has 0 aliphatic rings. The predicted octanol–water partition coefficient (Wildman–Crippen LogP) is 4.68. The minimum absolute atomic E-state index is 0.0309. The van der Waals surface area contributed by atoms with E-state index in [0.717, 1.165) is 17.5 Å². The van der Waals surface area contributed by atoms with Crippen LogP contribution in [0.2, 0.25) is 0 Å². The zero-order valence-corrected chi connectivity index (χ0v) is 18.6. The highest BCUT2D eigenvalue weighted by Crippen LogP contribution is 2.23. The lowest BCUT2D eigenvalue weighted by Gasteiger charge is -2.13. The van der Waals surface area contributed by atoms with Crippen molar-refractivity contribution >= 4 is 34.5 Å². The Labute approximate surface area is 187 Å². The van der Waals surface area contributed by atoms with Crippen molar-refractivity contribution < 1.29 is 13.7 Å². The van der Waals surface area contributed by atoms with E-state index in [1.807, 2.05) is 13.8 Å². The number of fused-ring (bicyclic) bond motifs is 1. The first kappa shape index (κ1) is 21.8. The van der Waals surface area contributed by atoms with Gasteiger partial charge in [0.05, 0.1) is 28.0 Å². The van der Waals surface area contributed by atoms with Gasteiger partial charge in [0, 0.05) is 6.07 Å². The van der Waals surface area contributed by atoms with Crippen molar-refractivity contribution in [1.82, 2.24) is 14.7 Å². The molecule has 0 aliphatic carbocycles. The SMILES string of the molecule is Cc1ccc(-n2c(SCC(=O)Nc3cc(C(C)C)no3)nc3ccccc3c2=O)cc1F. The molecule has 0 saturated heterocycles. The highest BCUT2D eigenvalue weighted by Gasteiger charge is 2.17. The Morgan fingerprint density at radius 3 is 2.72 bits per heavy atom. The fourth-order valence-corrected chi connectivity index (χ4v) is 3.89. The third-order valence-electron chi connectivity index (χ3n) is 4.87. The summed E-state index contributed by atoms with van der Waals surface area (Å²) in [7, 11) is 0. The van der Waals surface area contributed by atoms with Crippen LogP contribution in [0.3, 0.4) is 0 Å². The van der Waals surface area contributed by atoms with E-state index in [1.54, 1.807) is 49.4 Å². The normalized spacial score (nSPS) is 11.3. The molecule has 0 radical (unpaired) electrons. The molecule has 0 fully saturated rings. The summed E-state index contributed by atoms with van der Waals surface area (Å²) in [5.41, 5.74) is 1.71. The molecule has 0 aliphatic heterocycles. The van der Waals surface area contributed by atoms with Crippen LogP contribution in [-0.2, 0) is 4.79 Å². The lowest BCUT2D eigenvalue weighted by Crippen LogP contribution is -2.23.